The van der Waals surface area contributed by atoms with E-state index in [2.05, 4.69) is 5.32 Å². The number of benzene rings is 1. The van der Waals surface area contributed by atoms with Gasteiger partial charge in [-0.2, -0.15) is 0 Å². The van der Waals surface area contributed by atoms with E-state index in [0.29, 0.717) is 11.4 Å². The van der Waals surface area contributed by atoms with Crippen molar-refractivity contribution in [3.8, 4) is 5.75 Å². The van der Waals surface area contributed by atoms with Crippen molar-refractivity contribution in [3.63, 3.8) is 0 Å². The standard InChI is InChI=1S/C12H12N2O3/c13-11-4-3-8(15)6-10(11)12(16)14-7-9-2-1-5-17-9/h1-6,15H,7,13H2,(H,14,16). The number of carbonyl (C=O) groups is 1. The molecule has 0 unspecified atom stereocenters. The van der Waals surface area contributed by atoms with E-state index in [-0.39, 0.29) is 23.8 Å². The molecule has 1 heterocycles. The summed E-state index contributed by atoms with van der Waals surface area (Å²) < 4.78 is 5.08. The molecule has 5 nitrogen and oxygen atoms in total. The van der Waals surface area contributed by atoms with Crippen LogP contribution in [-0.4, -0.2) is 11.0 Å². The van der Waals surface area contributed by atoms with E-state index in [1.807, 2.05) is 0 Å². The van der Waals surface area contributed by atoms with Gasteiger partial charge in [0, 0.05) is 5.69 Å². The van der Waals surface area contributed by atoms with Crippen molar-refractivity contribution in [2.45, 2.75) is 6.54 Å². The molecule has 2 aromatic rings. The van der Waals surface area contributed by atoms with Gasteiger partial charge in [0.25, 0.3) is 5.91 Å². The molecule has 0 bridgehead atoms. The fraction of sp³-hybridized carbons (Fsp3) is 0.0833. The number of hydrogen-bond acceptors (Lipinski definition) is 4. The second kappa shape index (κ2) is 4.61. The van der Waals surface area contributed by atoms with Gasteiger partial charge in [0.05, 0.1) is 18.4 Å². The van der Waals surface area contributed by atoms with Gasteiger partial charge in [-0.05, 0) is 30.3 Å². The van der Waals surface area contributed by atoms with Crippen LogP contribution in [0.2, 0.25) is 0 Å². The maximum atomic E-state index is 11.8. The Morgan fingerprint density at radius 3 is 2.94 bits per heavy atom. The summed E-state index contributed by atoms with van der Waals surface area (Å²) in [5.41, 5.74) is 6.21. The van der Waals surface area contributed by atoms with Crippen LogP contribution < -0.4 is 11.1 Å². The number of carbonyl (C=O) groups excluding carboxylic acids is 1. The van der Waals surface area contributed by atoms with Crippen LogP contribution in [0.15, 0.2) is 41.0 Å². The lowest BCUT2D eigenvalue weighted by molar-refractivity contribution is 0.0948. The van der Waals surface area contributed by atoms with Crippen LogP contribution in [0.25, 0.3) is 0 Å². The number of nitrogen functional groups attached to an aromatic ring is 1. The zero-order valence-corrected chi connectivity index (χ0v) is 9.01. The molecule has 0 aliphatic heterocycles. The summed E-state index contributed by atoms with van der Waals surface area (Å²) in [5.74, 6) is 0.300. The number of phenols is 1. The average molecular weight is 232 g/mol. The molecule has 88 valence electrons. The van der Waals surface area contributed by atoms with Gasteiger partial charge in [0.2, 0.25) is 0 Å². The summed E-state index contributed by atoms with van der Waals surface area (Å²) in [6.45, 7) is 0.279. The third kappa shape index (κ3) is 2.57. The second-order valence-corrected chi connectivity index (χ2v) is 3.53. The van der Waals surface area contributed by atoms with Crippen molar-refractivity contribution in [2.24, 2.45) is 0 Å². The van der Waals surface area contributed by atoms with Crippen LogP contribution >= 0.6 is 0 Å². The fourth-order valence-electron chi connectivity index (χ4n) is 1.42. The Morgan fingerprint density at radius 2 is 2.24 bits per heavy atom. The summed E-state index contributed by atoms with van der Waals surface area (Å²) in [7, 11) is 0. The number of anilines is 1. The Labute approximate surface area is 97.9 Å². The monoisotopic (exact) mass is 232 g/mol. The number of amides is 1. The van der Waals surface area contributed by atoms with Crippen LogP contribution in [0.1, 0.15) is 16.1 Å². The Morgan fingerprint density at radius 1 is 1.41 bits per heavy atom. The molecule has 0 radical (unpaired) electrons. The number of nitrogens with two attached hydrogens (primary N) is 1. The van der Waals surface area contributed by atoms with Gasteiger partial charge in [0.15, 0.2) is 0 Å². The van der Waals surface area contributed by atoms with E-state index in [0.717, 1.165) is 0 Å². The molecule has 0 saturated carbocycles. The van der Waals surface area contributed by atoms with E-state index in [9.17, 15) is 9.90 Å². The van der Waals surface area contributed by atoms with E-state index in [4.69, 9.17) is 10.2 Å². The third-order valence-corrected chi connectivity index (χ3v) is 2.28. The van der Waals surface area contributed by atoms with Gasteiger partial charge < -0.3 is 20.6 Å². The third-order valence-electron chi connectivity index (χ3n) is 2.28. The van der Waals surface area contributed by atoms with Crippen LogP contribution in [0.3, 0.4) is 0 Å². The highest BCUT2D eigenvalue weighted by Gasteiger charge is 2.10. The van der Waals surface area contributed by atoms with Gasteiger partial charge in [0.1, 0.15) is 11.5 Å². The van der Waals surface area contributed by atoms with Gasteiger partial charge >= 0.3 is 0 Å². The van der Waals surface area contributed by atoms with E-state index < -0.39 is 0 Å². The van der Waals surface area contributed by atoms with E-state index in [1.165, 1.54) is 24.5 Å². The molecule has 0 saturated heterocycles. The minimum atomic E-state index is -0.352. The quantitative estimate of drug-likeness (QED) is 0.552. The summed E-state index contributed by atoms with van der Waals surface area (Å²) in [6.07, 6.45) is 1.53. The number of hydrogen-bond donors (Lipinski definition) is 3. The summed E-state index contributed by atoms with van der Waals surface area (Å²) in [5, 5.41) is 11.9. The van der Waals surface area contributed by atoms with Crippen molar-refractivity contribution < 1.29 is 14.3 Å². The number of furan rings is 1. The normalized spacial score (nSPS) is 10.1. The van der Waals surface area contributed by atoms with E-state index in [1.54, 1.807) is 12.1 Å². The molecule has 2 rings (SSSR count). The second-order valence-electron chi connectivity index (χ2n) is 3.53. The minimum absolute atomic E-state index is 0.00217. The molecule has 5 heteroatoms. The van der Waals surface area contributed by atoms with Crippen molar-refractivity contribution in [3.05, 3.63) is 47.9 Å². The predicted octanol–water partition coefficient (Wildman–Crippen LogP) is 1.50. The minimum Gasteiger partial charge on any atom is -0.508 e. The first kappa shape index (κ1) is 11.1. The molecule has 0 aliphatic carbocycles. The average Bonchev–Trinajstić information content (AvgIpc) is 2.82. The topological polar surface area (TPSA) is 88.5 Å². The predicted molar refractivity (Wildman–Crippen MR) is 62.4 cm³/mol. The Hall–Kier alpha value is -2.43. The molecule has 1 amide bonds. The van der Waals surface area contributed by atoms with Gasteiger partial charge in [-0.1, -0.05) is 0 Å². The lowest BCUT2D eigenvalue weighted by atomic mass is 10.1. The highest BCUT2D eigenvalue weighted by atomic mass is 16.3. The number of nitrogens with one attached hydrogen (secondary N) is 1. The number of phenolic OH excluding ortho intramolecular Hbond substituents is 1. The zero-order valence-electron chi connectivity index (χ0n) is 9.01. The first-order valence-electron chi connectivity index (χ1n) is 5.06. The van der Waals surface area contributed by atoms with Crippen LogP contribution in [-0.2, 0) is 6.54 Å². The SMILES string of the molecule is Nc1ccc(O)cc1C(=O)NCc1ccco1. The first-order chi connectivity index (χ1) is 8.16. The Bertz CT molecular complexity index is 521. The van der Waals surface area contributed by atoms with Crippen LogP contribution in [0.4, 0.5) is 5.69 Å². The molecule has 0 spiro atoms. The molecular formula is C12H12N2O3. The van der Waals surface area contributed by atoms with Crippen molar-refractivity contribution in [1.29, 1.82) is 0 Å². The summed E-state index contributed by atoms with van der Waals surface area (Å²) >= 11 is 0. The van der Waals surface area contributed by atoms with E-state index >= 15 is 0 Å². The van der Waals surface area contributed by atoms with Crippen LogP contribution in [0, 0.1) is 0 Å². The van der Waals surface area contributed by atoms with Gasteiger partial charge in [-0.3, -0.25) is 4.79 Å². The van der Waals surface area contributed by atoms with Crippen molar-refractivity contribution in [1.82, 2.24) is 5.32 Å². The molecule has 4 N–H and O–H groups in total. The van der Waals surface area contributed by atoms with Crippen molar-refractivity contribution >= 4 is 11.6 Å². The molecule has 1 aromatic carbocycles. The summed E-state index contributed by atoms with van der Waals surface area (Å²) in [4.78, 5) is 11.8. The highest BCUT2D eigenvalue weighted by molar-refractivity contribution is 5.99. The van der Waals surface area contributed by atoms with Crippen LogP contribution in [0.5, 0.6) is 5.75 Å². The lowest BCUT2D eigenvalue weighted by Gasteiger charge is -2.06. The number of aromatic hydroxyl groups is 1. The first-order valence-corrected chi connectivity index (χ1v) is 5.06. The molecular weight excluding hydrogens is 220 g/mol. The maximum Gasteiger partial charge on any atom is 0.253 e. The molecule has 0 fully saturated rings. The number of rotatable bonds is 3. The molecule has 0 atom stereocenters. The fourth-order valence-corrected chi connectivity index (χ4v) is 1.42. The largest absolute Gasteiger partial charge is 0.508 e. The maximum absolute atomic E-state index is 11.8. The smallest absolute Gasteiger partial charge is 0.253 e. The Balaban J connectivity index is 2.07. The van der Waals surface area contributed by atoms with Crippen molar-refractivity contribution in [2.75, 3.05) is 5.73 Å². The summed E-state index contributed by atoms with van der Waals surface area (Å²) in [6, 6.07) is 7.74. The zero-order chi connectivity index (χ0) is 12.3. The van der Waals surface area contributed by atoms with Gasteiger partial charge in [-0.15, -0.1) is 0 Å². The van der Waals surface area contributed by atoms with Gasteiger partial charge in [-0.25, -0.2) is 0 Å². The Kier molecular flexibility index (Phi) is 3.00. The molecule has 17 heavy (non-hydrogen) atoms. The highest BCUT2D eigenvalue weighted by Crippen LogP contribution is 2.18. The molecule has 1 aromatic heterocycles. The molecule has 0 aliphatic rings. The lowest BCUT2D eigenvalue weighted by Crippen LogP contribution is -2.23.